The van der Waals surface area contributed by atoms with Crippen LogP contribution in [0.3, 0.4) is 0 Å². The normalized spacial score (nSPS) is 19.6. The average Bonchev–Trinajstić information content (AvgIpc) is 2.32. The lowest BCUT2D eigenvalue weighted by atomic mass is 10.2. The highest BCUT2D eigenvalue weighted by Crippen LogP contribution is 2.08. The first-order valence-corrected chi connectivity index (χ1v) is 7.98. The van der Waals surface area contributed by atoms with E-state index in [1.165, 1.54) is 4.90 Å². The minimum absolute atomic E-state index is 0.105. The molecule has 0 aromatic rings. The summed E-state index contributed by atoms with van der Waals surface area (Å²) in [7, 11) is -3.27. The molecule has 1 heterocycles. The molecule has 0 aromatic carbocycles. The lowest BCUT2D eigenvalue weighted by Crippen LogP contribution is -2.51. The van der Waals surface area contributed by atoms with Gasteiger partial charge in [-0.25, -0.2) is 17.9 Å². The molecule has 1 aliphatic rings. The number of carboxylic acids is 1. The van der Waals surface area contributed by atoms with Crippen LogP contribution in [0.2, 0.25) is 0 Å². The standard InChI is InChI=1S/C10H19N3O6S/c1-20(17,18)12-3-2-11-10(16)13-4-5-19-8(7-13)6-9(14)15/h8,12H,2-7H2,1H3,(H,11,16)(H,14,15). The Hall–Kier alpha value is -1.39. The van der Waals surface area contributed by atoms with Gasteiger partial charge in [0.25, 0.3) is 0 Å². The molecule has 0 radical (unpaired) electrons. The first-order valence-electron chi connectivity index (χ1n) is 6.09. The quantitative estimate of drug-likeness (QED) is 0.509. The summed E-state index contributed by atoms with van der Waals surface area (Å²) in [5.41, 5.74) is 0. The summed E-state index contributed by atoms with van der Waals surface area (Å²) in [4.78, 5) is 23.8. The Bertz CT molecular complexity index is 452. The number of carbonyl (C=O) groups excluding carboxylic acids is 1. The van der Waals surface area contributed by atoms with Gasteiger partial charge in [-0.05, 0) is 0 Å². The highest BCUT2D eigenvalue weighted by Gasteiger charge is 2.25. The van der Waals surface area contributed by atoms with Gasteiger partial charge >= 0.3 is 12.0 Å². The lowest BCUT2D eigenvalue weighted by Gasteiger charge is -2.32. The number of nitrogens with one attached hydrogen (secondary N) is 2. The molecule has 10 heteroatoms. The van der Waals surface area contributed by atoms with Crippen molar-refractivity contribution in [2.24, 2.45) is 0 Å². The number of nitrogens with zero attached hydrogens (tertiary/aromatic N) is 1. The second kappa shape index (κ2) is 7.41. The third kappa shape index (κ3) is 6.68. The largest absolute Gasteiger partial charge is 0.481 e. The van der Waals surface area contributed by atoms with Crippen molar-refractivity contribution in [3.8, 4) is 0 Å². The Morgan fingerprint density at radius 1 is 1.40 bits per heavy atom. The number of carbonyl (C=O) groups is 2. The summed E-state index contributed by atoms with van der Waals surface area (Å²) in [6.45, 7) is 1.13. The molecule has 1 atom stereocenters. The van der Waals surface area contributed by atoms with Crippen LogP contribution in [-0.2, 0) is 19.6 Å². The molecule has 1 rings (SSSR count). The molecule has 0 spiro atoms. The third-order valence-electron chi connectivity index (χ3n) is 2.59. The summed E-state index contributed by atoms with van der Waals surface area (Å²) in [5, 5.41) is 11.2. The monoisotopic (exact) mass is 309 g/mol. The number of urea groups is 1. The minimum Gasteiger partial charge on any atom is -0.481 e. The Kier molecular flexibility index (Phi) is 6.17. The Morgan fingerprint density at radius 3 is 2.70 bits per heavy atom. The van der Waals surface area contributed by atoms with E-state index in [4.69, 9.17) is 9.84 Å². The van der Waals surface area contributed by atoms with Crippen LogP contribution in [0.15, 0.2) is 0 Å². The molecule has 9 nitrogen and oxygen atoms in total. The van der Waals surface area contributed by atoms with E-state index in [1.54, 1.807) is 0 Å². The van der Waals surface area contributed by atoms with Crippen LogP contribution in [0.25, 0.3) is 0 Å². The molecule has 3 N–H and O–H groups in total. The van der Waals surface area contributed by atoms with Crippen molar-refractivity contribution in [2.75, 3.05) is 39.0 Å². The van der Waals surface area contributed by atoms with Gasteiger partial charge in [0.15, 0.2) is 0 Å². The van der Waals surface area contributed by atoms with E-state index in [0.717, 1.165) is 6.26 Å². The minimum atomic E-state index is -3.27. The maximum absolute atomic E-state index is 11.8. The van der Waals surface area contributed by atoms with Crippen LogP contribution in [-0.4, -0.2) is 75.6 Å². The molecule has 20 heavy (non-hydrogen) atoms. The van der Waals surface area contributed by atoms with Gasteiger partial charge in [0.1, 0.15) is 0 Å². The fourth-order valence-electron chi connectivity index (χ4n) is 1.74. The number of rotatable bonds is 6. The van der Waals surface area contributed by atoms with Crippen molar-refractivity contribution in [3.63, 3.8) is 0 Å². The third-order valence-corrected chi connectivity index (χ3v) is 3.32. The maximum Gasteiger partial charge on any atom is 0.317 e. The summed E-state index contributed by atoms with van der Waals surface area (Å²) in [5.74, 6) is -0.977. The van der Waals surface area contributed by atoms with Crippen LogP contribution in [0.1, 0.15) is 6.42 Å². The number of sulfonamides is 1. The predicted molar refractivity (Wildman–Crippen MR) is 69.8 cm³/mol. The Morgan fingerprint density at radius 2 is 2.10 bits per heavy atom. The summed E-state index contributed by atoms with van der Waals surface area (Å²) >= 11 is 0. The molecule has 0 saturated carbocycles. The fourth-order valence-corrected chi connectivity index (χ4v) is 2.21. The maximum atomic E-state index is 11.8. The molecule has 1 unspecified atom stereocenters. The molecule has 1 aliphatic heterocycles. The van der Waals surface area contributed by atoms with Crippen molar-refractivity contribution >= 4 is 22.0 Å². The van der Waals surface area contributed by atoms with Gasteiger partial charge < -0.3 is 20.1 Å². The van der Waals surface area contributed by atoms with Gasteiger partial charge in [0.05, 0.1) is 25.4 Å². The zero-order chi connectivity index (χ0) is 15.2. The number of amides is 2. The number of hydrogen-bond donors (Lipinski definition) is 3. The molecule has 1 fully saturated rings. The molecule has 0 aromatic heterocycles. The molecule has 116 valence electrons. The van der Waals surface area contributed by atoms with Gasteiger partial charge in [0.2, 0.25) is 10.0 Å². The second-order valence-corrected chi connectivity index (χ2v) is 6.27. The van der Waals surface area contributed by atoms with E-state index in [0.29, 0.717) is 6.54 Å². The van der Waals surface area contributed by atoms with Crippen LogP contribution in [0.5, 0.6) is 0 Å². The van der Waals surface area contributed by atoms with Crippen molar-refractivity contribution in [2.45, 2.75) is 12.5 Å². The second-order valence-electron chi connectivity index (χ2n) is 4.44. The van der Waals surface area contributed by atoms with E-state index in [1.807, 2.05) is 0 Å². The van der Waals surface area contributed by atoms with E-state index in [-0.39, 0.29) is 38.7 Å². The Labute approximate surface area is 117 Å². The molecule has 2 amide bonds. The molecular formula is C10H19N3O6S. The number of aliphatic carboxylic acids is 1. The molecular weight excluding hydrogens is 290 g/mol. The van der Waals surface area contributed by atoms with Crippen molar-refractivity contribution in [1.82, 2.24) is 14.9 Å². The predicted octanol–water partition coefficient (Wildman–Crippen LogP) is -1.58. The molecule has 0 aliphatic carbocycles. The molecule has 1 saturated heterocycles. The number of hydrogen-bond acceptors (Lipinski definition) is 5. The van der Waals surface area contributed by atoms with E-state index in [2.05, 4.69) is 10.0 Å². The first-order chi connectivity index (χ1) is 9.28. The first kappa shape index (κ1) is 16.7. The fraction of sp³-hybridized carbons (Fsp3) is 0.800. The highest BCUT2D eigenvalue weighted by molar-refractivity contribution is 7.88. The van der Waals surface area contributed by atoms with Crippen molar-refractivity contribution in [1.29, 1.82) is 0 Å². The number of ether oxygens (including phenoxy) is 1. The smallest absolute Gasteiger partial charge is 0.317 e. The number of carboxylic acid groups (broad SMARTS) is 1. The van der Waals surface area contributed by atoms with Gasteiger partial charge in [-0.3, -0.25) is 4.79 Å². The van der Waals surface area contributed by atoms with Gasteiger partial charge in [-0.15, -0.1) is 0 Å². The summed E-state index contributed by atoms with van der Waals surface area (Å²) in [6.07, 6.45) is 0.369. The zero-order valence-electron chi connectivity index (χ0n) is 11.2. The lowest BCUT2D eigenvalue weighted by molar-refractivity contribution is -0.141. The van der Waals surface area contributed by atoms with Crippen LogP contribution >= 0.6 is 0 Å². The topological polar surface area (TPSA) is 125 Å². The Balaban J connectivity index is 2.30. The van der Waals surface area contributed by atoms with E-state index >= 15 is 0 Å². The van der Waals surface area contributed by atoms with Crippen LogP contribution in [0.4, 0.5) is 4.79 Å². The molecule has 0 bridgehead atoms. The summed E-state index contributed by atoms with van der Waals surface area (Å²) < 4.78 is 29.1. The number of morpholine rings is 1. The summed E-state index contributed by atoms with van der Waals surface area (Å²) in [6, 6.07) is -0.362. The zero-order valence-corrected chi connectivity index (χ0v) is 12.0. The van der Waals surface area contributed by atoms with Gasteiger partial charge in [0, 0.05) is 26.2 Å². The van der Waals surface area contributed by atoms with Crippen molar-refractivity contribution in [3.05, 3.63) is 0 Å². The van der Waals surface area contributed by atoms with Crippen molar-refractivity contribution < 1.29 is 27.9 Å². The van der Waals surface area contributed by atoms with Crippen LogP contribution in [0, 0.1) is 0 Å². The van der Waals surface area contributed by atoms with Gasteiger partial charge in [-0.2, -0.15) is 0 Å². The highest BCUT2D eigenvalue weighted by atomic mass is 32.2. The SMILES string of the molecule is CS(=O)(=O)NCCNC(=O)N1CCOC(CC(=O)O)C1. The van der Waals surface area contributed by atoms with Gasteiger partial charge in [-0.1, -0.05) is 0 Å². The van der Waals surface area contributed by atoms with E-state index < -0.39 is 22.1 Å². The van der Waals surface area contributed by atoms with Crippen LogP contribution < -0.4 is 10.0 Å². The average molecular weight is 309 g/mol. The van der Waals surface area contributed by atoms with E-state index in [9.17, 15) is 18.0 Å².